The fraction of sp³-hybridized carbons (Fsp3) is 0.381. The van der Waals surface area contributed by atoms with Gasteiger partial charge in [0.15, 0.2) is 6.04 Å². The maximum Gasteiger partial charge on any atom is 0.282 e. The number of halogens is 2. The zero-order valence-corrected chi connectivity index (χ0v) is 16.9. The molecule has 5 nitrogen and oxygen atoms in total. The Kier molecular flexibility index (Phi) is 6.75. The summed E-state index contributed by atoms with van der Waals surface area (Å²) >= 11 is 5.79. The molecule has 0 aliphatic carbocycles. The summed E-state index contributed by atoms with van der Waals surface area (Å²) in [5.74, 6) is 0.301. The molecule has 0 radical (unpaired) electrons. The number of hydrogen-bond acceptors (Lipinski definition) is 3. The first-order valence-electron chi connectivity index (χ1n) is 9.57. The first kappa shape index (κ1) is 20.4. The third-order valence-electron chi connectivity index (χ3n) is 5.10. The van der Waals surface area contributed by atoms with E-state index < -0.39 is 5.82 Å². The molecule has 1 amide bonds. The normalized spacial score (nSPS) is 15.9. The average molecular weight is 407 g/mol. The topological polar surface area (TPSA) is 46.0 Å². The second kappa shape index (κ2) is 9.26. The van der Waals surface area contributed by atoms with Gasteiger partial charge in [-0.3, -0.25) is 4.79 Å². The van der Waals surface area contributed by atoms with Crippen LogP contribution >= 0.6 is 11.6 Å². The van der Waals surface area contributed by atoms with Gasteiger partial charge in [0.2, 0.25) is 0 Å². The monoisotopic (exact) mass is 406 g/mol. The number of nitrogens with one attached hydrogen (secondary N) is 2. The van der Waals surface area contributed by atoms with E-state index in [1.54, 1.807) is 0 Å². The molecule has 0 spiro atoms. The van der Waals surface area contributed by atoms with Gasteiger partial charge in [0, 0.05) is 5.69 Å². The van der Waals surface area contributed by atoms with E-state index in [1.165, 1.54) is 23.1 Å². The summed E-state index contributed by atoms with van der Waals surface area (Å²) in [4.78, 5) is 16.1. The van der Waals surface area contributed by atoms with E-state index in [2.05, 4.69) is 16.3 Å². The fourth-order valence-electron chi connectivity index (χ4n) is 3.47. The summed E-state index contributed by atoms with van der Waals surface area (Å²) in [6, 6.07) is 12.0. The van der Waals surface area contributed by atoms with Crippen LogP contribution in [0.5, 0.6) is 5.75 Å². The molecular formula is C21H26ClFN3O2+. The molecule has 0 bridgehead atoms. The Bertz CT molecular complexity index is 825. The minimum absolute atomic E-state index is 0.000576. The quantitative estimate of drug-likeness (QED) is 0.775. The number of para-hydroxylation sites is 2. The number of ether oxygens (including phenoxy) is 1. The maximum atomic E-state index is 13.3. The fourth-order valence-corrected chi connectivity index (χ4v) is 3.65. The highest BCUT2D eigenvalue weighted by Gasteiger charge is 2.30. The van der Waals surface area contributed by atoms with E-state index in [0.29, 0.717) is 12.3 Å². The van der Waals surface area contributed by atoms with Gasteiger partial charge in [-0.1, -0.05) is 23.7 Å². The Hall–Kier alpha value is -2.31. The molecule has 1 atom stereocenters. The number of carbonyl (C=O) groups excluding carboxylic acids is 1. The minimum Gasteiger partial charge on any atom is -0.492 e. The summed E-state index contributed by atoms with van der Waals surface area (Å²) in [5, 5.41) is 2.83. The SMILES string of the molecule is CCOc1ccccc1N1CC[NH+]([C@H](C)C(=O)Nc2ccc(F)c(Cl)c2)CC1. The van der Waals surface area contributed by atoms with Gasteiger partial charge in [-0.05, 0) is 44.2 Å². The molecule has 2 N–H and O–H groups in total. The lowest BCUT2D eigenvalue weighted by atomic mass is 10.2. The predicted octanol–water partition coefficient (Wildman–Crippen LogP) is 2.61. The van der Waals surface area contributed by atoms with E-state index >= 15 is 0 Å². The minimum atomic E-state index is -0.498. The number of benzene rings is 2. The van der Waals surface area contributed by atoms with Crippen LogP contribution < -0.4 is 19.9 Å². The van der Waals surface area contributed by atoms with Crippen molar-refractivity contribution in [3.63, 3.8) is 0 Å². The number of nitrogens with zero attached hydrogens (tertiary/aromatic N) is 1. The van der Waals surface area contributed by atoms with Crippen LogP contribution in [-0.4, -0.2) is 44.7 Å². The first-order chi connectivity index (χ1) is 13.5. The number of carbonyl (C=O) groups is 1. The van der Waals surface area contributed by atoms with E-state index in [-0.39, 0.29) is 17.0 Å². The summed E-state index contributed by atoms with van der Waals surface area (Å²) in [7, 11) is 0. The van der Waals surface area contributed by atoms with Crippen LogP contribution in [0.25, 0.3) is 0 Å². The Morgan fingerprint density at radius 3 is 2.68 bits per heavy atom. The first-order valence-corrected chi connectivity index (χ1v) is 9.94. The zero-order chi connectivity index (χ0) is 20.1. The average Bonchev–Trinajstić information content (AvgIpc) is 2.71. The van der Waals surface area contributed by atoms with Gasteiger partial charge in [0.1, 0.15) is 11.6 Å². The highest BCUT2D eigenvalue weighted by Crippen LogP contribution is 2.27. The molecular weight excluding hydrogens is 381 g/mol. The predicted molar refractivity (Wildman–Crippen MR) is 110 cm³/mol. The van der Waals surface area contributed by atoms with Crippen molar-refractivity contribution >= 4 is 28.9 Å². The van der Waals surface area contributed by atoms with Crippen molar-refractivity contribution in [2.24, 2.45) is 0 Å². The van der Waals surface area contributed by atoms with Crippen molar-refractivity contribution in [2.45, 2.75) is 19.9 Å². The molecule has 0 unspecified atom stereocenters. The molecule has 150 valence electrons. The second-order valence-corrected chi connectivity index (χ2v) is 7.29. The molecule has 3 rings (SSSR count). The summed E-state index contributed by atoms with van der Waals surface area (Å²) in [6.07, 6.45) is 0. The standard InChI is InChI=1S/C21H25ClFN3O2/c1-3-28-20-7-5-4-6-19(20)26-12-10-25(11-13-26)15(2)21(27)24-16-8-9-18(23)17(22)14-16/h4-9,14-15H,3,10-13H2,1-2H3,(H,24,27)/p+1/t15-/m1/s1. The van der Waals surface area contributed by atoms with Crippen LogP contribution in [0.1, 0.15) is 13.8 Å². The van der Waals surface area contributed by atoms with Crippen LogP contribution in [0.3, 0.4) is 0 Å². The Morgan fingerprint density at radius 1 is 1.29 bits per heavy atom. The van der Waals surface area contributed by atoms with E-state index in [4.69, 9.17) is 16.3 Å². The van der Waals surface area contributed by atoms with Gasteiger partial charge in [0.25, 0.3) is 5.91 Å². The largest absolute Gasteiger partial charge is 0.492 e. The number of piperazine rings is 1. The van der Waals surface area contributed by atoms with Crippen LogP contribution in [0, 0.1) is 5.82 Å². The van der Waals surface area contributed by atoms with Crippen molar-refractivity contribution in [1.29, 1.82) is 0 Å². The van der Waals surface area contributed by atoms with Gasteiger partial charge in [-0.2, -0.15) is 0 Å². The molecule has 1 saturated heterocycles. The molecule has 7 heteroatoms. The van der Waals surface area contributed by atoms with E-state index in [1.807, 2.05) is 32.0 Å². The smallest absolute Gasteiger partial charge is 0.282 e. The number of quaternary nitrogens is 1. The van der Waals surface area contributed by atoms with Gasteiger partial charge >= 0.3 is 0 Å². The molecule has 1 fully saturated rings. The lowest BCUT2D eigenvalue weighted by molar-refractivity contribution is -0.914. The van der Waals surface area contributed by atoms with Crippen molar-refractivity contribution in [3.8, 4) is 5.75 Å². The van der Waals surface area contributed by atoms with Gasteiger partial charge in [0.05, 0.1) is 43.5 Å². The zero-order valence-electron chi connectivity index (χ0n) is 16.2. The molecule has 2 aromatic rings. The van der Waals surface area contributed by atoms with Crippen LogP contribution in [0.2, 0.25) is 5.02 Å². The molecule has 0 saturated carbocycles. The Labute approximate surface area is 170 Å². The lowest BCUT2D eigenvalue weighted by Crippen LogP contribution is -3.19. The maximum absolute atomic E-state index is 13.3. The third kappa shape index (κ3) is 4.75. The molecule has 2 aromatic carbocycles. The number of hydrogen-bond donors (Lipinski definition) is 2. The van der Waals surface area contributed by atoms with Crippen molar-refractivity contribution < 1.29 is 18.8 Å². The van der Waals surface area contributed by atoms with E-state index in [9.17, 15) is 9.18 Å². The lowest BCUT2D eigenvalue weighted by Gasteiger charge is -2.36. The molecule has 1 aliphatic rings. The van der Waals surface area contributed by atoms with Crippen molar-refractivity contribution in [1.82, 2.24) is 0 Å². The summed E-state index contributed by atoms with van der Waals surface area (Å²) < 4.78 is 19.0. The second-order valence-electron chi connectivity index (χ2n) is 6.89. The van der Waals surface area contributed by atoms with Crippen molar-refractivity contribution in [3.05, 3.63) is 53.3 Å². The van der Waals surface area contributed by atoms with Crippen LogP contribution in [0.4, 0.5) is 15.8 Å². The third-order valence-corrected chi connectivity index (χ3v) is 5.39. The van der Waals surface area contributed by atoms with Gasteiger partial charge in [-0.25, -0.2) is 4.39 Å². The van der Waals surface area contributed by atoms with Crippen LogP contribution in [0.15, 0.2) is 42.5 Å². The van der Waals surface area contributed by atoms with Gasteiger partial charge < -0.3 is 19.9 Å². The molecule has 28 heavy (non-hydrogen) atoms. The van der Waals surface area contributed by atoms with Crippen molar-refractivity contribution in [2.75, 3.05) is 43.0 Å². The van der Waals surface area contributed by atoms with Gasteiger partial charge in [-0.15, -0.1) is 0 Å². The summed E-state index contributed by atoms with van der Waals surface area (Å²) in [6.45, 7) is 7.91. The molecule has 1 aliphatic heterocycles. The molecule has 0 aromatic heterocycles. The number of anilines is 2. The highest BCUT2D eigenvalue weighted by molar-refractivity contribution is 6.31. The Morgan fingerprint density at radius 2 is 2.00 bits per heavy atom. The highest BCUT2D eigenvalue weighted by atomic mass is 35.5. The van der Waals surface area contributed by atoms with E-state index in [0.717, 1.165) is 37.6 Å². The molecule has 1 heterocycles. The Balaban J connectivity index is 1.58. The number of amides is 1. The number of rotatable bonds is 6. The summed E-state index contributed by atoms with van der Waals surface area (Å²) in [5.41, 5.74) is 1.60. The van der Waals surface area contributed by atoms with Crippen LogP contribution in [-0.2, 0) is 4.79 Å².